The van der Waals surface area contributed by atoms with Crippen molar-refractivity contribution in [2.45, 2.75) is 12.3 Å². The van der Waals surface area contributed by atoms with E-state index in [1.807, 2.05) is 0 Å². The molecule has 0 unspecified atom stereocenters. The number of hydrogen-bond acceptors (Lipinski definition) is 2. The van der Waals surface area contributed by atoms with Gasteiger partial charge in [0, 0.05) is 6.42 Å². The summed E-state index contributed by atoms with van der Waals surface area (Å²) in [6.07, 6.45) is 0.325. The van der Waals surface area contributed by atoms with Crippen molar-refractivity contribution in [2.75, 3.05) is 0 Å². The minimum Gasteiger partial charge on any atom is -0.319 e. The van der Waals surface area contributed by atoms with Crippen LogP contribution in [0, 0.1) is 5.82 Å². The average molecular weight is 254 g/mol. The molecule has 0 bridgehead atoms. The van der Waals surface area contributed by atoms with Crippen molar-refractivity contribution in [1.82, 2.24) is 9.97 Å². The van der Waals surface area contributed by atoms with Crippen molar-refractivity contribution in [3.05, 3.63) is 52.7 Å². The third kappa shape index (κ3) is 2.13. The highest BCUT2D eigenvalue weighted by molar-refractivity contribution is 5.73. The summed E-state index contributed by atoms with van der Waals surface area (Å²) in [5.41, 5.74) is -1.73. The topological polar surface area (TPSA) is 45.8 Å². The van der Waals surface area contributed by atoms with Crippen LogP contribution >= 0.6 is 0 Å². The van der Waals surface area contributed by atoms with E-state index in [1.165, 1.54) is 6.07 Å². The van der Waals surface area contributed by atoms with Gasteiger partial charge in [0.15, 0.2) is 5.69 Å². The number of fused-ring (bicyclic) bond motifs is 1. The lowest BCUT2D eigenvalue weighted by molar-refractivity contribution is -0.00662. The lowest BCUT2D eigenvalue weighted by Gasteiger charge is -2.12. The molecule has 2 rings (SSSR count). The van der Waals surface area contributed by atoms with Crippen molar-refractivity contribution >= 4 is 11.0 Å². The highest BCUT2D eigenvalue weighted by Gasteiger charge is 2.35. The molecule has 1 heterocycles. The first-order valence-electron chi connectivity index (χ1n) is 5.13. The molecule has 2 aromatic rings. The number of halogens is 3. The van der Waals surface area contributed by atoms with Crippen molar-refractivity contribution in [1.29, 1.82) is 0 Å². The van der Waals surface area contributed by atoms with Crippen molar-refractivity contribution in [2.24, 2.45) is 0 Å². The average Bonchev–Trinajstić information content (AvgIpc) is 2.27. The first kappa shape index (κ1) is 12.3. The Morgan fingerprint density at radius 1 is 1.44 bits per heavy atom. The monoisotopic (exact) mass is 254 g/mol. The van der Waals surface area contributed by atoms with Gasteiger partial charge in [-0.05, 0) is 18.2 Å². The molecule has 0 atom stereocenters. The SMILES string of the molecule is C=CCC(F)(F)c1nc2ccc(F)cc2[nH]c1=O. The van der Waals surface area contributed by atoms with Crippen LogP contribution in [0.15, 0.2) is 35.6 Å². The van der Waals surface area contributed by atoms with E-state index in [4.69, 9.17) is 0 Å². The lowest BCUT2D eigenvalue weighted by atomic mass is 10.1. The van der Waals surface area contributed by atoms with Gasteiger partial charge in [-0.3, -0.25) is 4.79 Å². The minimum atomic E-state index is -3.39. The summed E-state index contributed by atoms with van der Waals surface area (Å²) in [4.78, 5) is 17.3. The smallest absolute Gasteiger partial charge is 0.298 e. The van der Waals surface area contributed by atoms with E-state index < -0.39 is 29.4 Å². The van der Waals surface area contributed by atoms with Crippen LogP contribution in [0.3, 0.4) is 0 Å². The number of aromatic amines is 1. The number of allylic oxidation sites excluding steroid dienone is 1. The maximum atomic E-state index is 13.6. The number of alkyl halides is 2. The molecule has 0 saturated heterocycles. The molecule has 1 aromatic carbocycles. The molecule has 0 aliphatic rings. The van der Waals surface area contributed by atoms with Gasteiger partial charge in [0.05, 0.1) is 11.0 Å². The van der Waals surface area contributed by atoms with Gasteiger partial charge in [0.25, 0.3) is 11.5 Å². The molecule has 6 heteroatoms. The zero-order valence-electron chi connectivity index (χ0n) is 9.21. The van der Waals surface area contributed by atoms with E-state index in [0.717, 1.165) is 18.2 Å². The summed E-state index contributed by atoms with van der Waals surface area (Å²) in [5.74, 6) is -3.97. The summed E-state index contributed by atoms with van der Waals surface area (Å²) in [6.45, 7) is 3.21. The van der Waals surface area contributed by atoms with E-state index >= 15 is 0 Å². The van der Waals surface area contributed by atoms with Gasteiger partial charge in [-0.15, -0.1) is 6.58 Å². The van der Waals surface area contributed by atoms with Crippen LogP contribution in [0.2, 0.25) is 0 Å². The van der Waals surface area contributed by atoms with Crippen LogP contribution < -0.4 is 5.56 Å². The predicted octanol–water partition coefficient (Wildman–Crippen LogP) is 2.73. The Morgan fingerprint density at radius 3 is 2.83 bits per heavy atom. The Balaban J connectivity index is 2.67. The molecule has 0 amide bonds. The predicted molar refractivity (Wildman–Crippen MR) is 61.0 cm³/mol. The van der Waals surface area contributed by atoms with E-state index in [9.17, 15) is 18.0 Å². The number of nitrogens with one attached hydrogen (secondary N) is 1. The van der Waals surface area contributed by atoms with Crippen LogP contribution in [-0.4, -0.2) is 9.97 Å². The maximum absolute atomic E-state index is 13.6. The summed E-state index contributed by atoms with van der Waals surface area (Å²) >= 11 is 0. The second-order valence-corrected chi connectivity index (χ2v) is 3.77. The van der Waals surface area contributed by atoms with Gasteiger partial charge in [-0.25, -0.2) is 9.37 Å². The summed E-state index contributed by atoms with van der Waals surface area (Å²) in [7, 11) is 0. The second-order valence-electron chi connectivity index (χ2n) is 3.77. The van der Waals surface area contributed by atoms with Gasteiger partial charge >= 0.3 is 0 Å². The lowest BCUT2D eigenvalue weighted by Crippen LogP contribution is -2.26. The molecule has 94 valence electrons. The van der Waals surface area contributed by atoms with Crippen LogP contribution in [0.5, 0.6) is 0 Å². The highest BCUT2D eigenvalue weighted by Crippen LogP contribution is 2.28. The fourth-order valence-corrected chi connectivity index (χ4v) is 1.58. The molecule has 0 saturated carbocycles. The first-order chi connectivity index (χ1) is 8.44. The largest absolute Gasteiger partial charge is 0.319 e. The van der Waals surface area contributed by atoms with Gasteiger partial charge in [-0.1, -0.05) is 6.08 Å². The van der Waals surface area contributed by atoms with E-state index in [1.54, 1.807) is 0 Å². The zero-order valence-corrected chi connectivity index (χ0v) is 9.21. The standard InChI is InChI=1S/C12H9F3N2O/c1-2-5-12(14,15)10-11(18)17-9-6-7(13)3-4-8(9)16-10/h2-4,6H,1,5H2,(H,17,18). The molecular weight excluding hydrogens is 245 g/mol. The number of rotatable bonds is 3. The number of benzene rings is 1. The van der Waals surface area contributed by atoms with Crippen LogP contribution in [0.4, 0.5) is 13.2 Å². The fourth-order valence-electron chi connectivity index (χ4n) is 1.58. The molecular formula is C12H9F3N2O. The Morgan fingerprint density at radius 2 is 2.17 bits per heavy atom. The summed E-state index contributed by atoms with van der Waals surface area (Å²) in [5, 5.41) is 0. The molecule has 0 aliphatic heterocycles. The summed E-state index contributed by atoms with van der Waals surface area (Å²) in [6, 6.07) is 3.34. The summed E-state index contributed by atoms with van der Waals surface area (Å²) < 4.78 is 40.1. The van der Waals surface area contributed by atoms with Gasteiger partial charge in [-0.2, -0.15) is 8.78 Å². The first-order valence-corrected chi connectivity index (χ1v) is 5.13. The molecule has 1 N–H and O–H groups in total. The van der Waals surface area contributed by atoms with E-state index in [0.29, 0.717) is 0 Å². The molecule has 3 nitrogen and oxygen atoms in total. The Kier molecular flexibility index (Phi) is 2.94. The van der Waals surface area contributed by atoms with Crippen LogP contribution in [0.25, 0.3) is 11.0 Å². The van der Waals surface area contributed by atoms with Gasteiger partial charge < -0.3 is 4.98 Å². The molecule has 0 fully saturated rings. The molecule has 0 spiro atoms. The second kappa shape index (κ2) is 4.29. The molecule has 0 radical (unpaired) electrons. The number of hydrogen-bond donors (Lipinski definition) is 1. The van der Waals surface area contributed by atoms with E-state index in [2.05, 4.69) is 16.5 Å². The molecule has 1 aromatic heterocycles. The third-order valence-electron chi connectivity index (χ3n) is 2.40. The van der Waals surface area contributed by atoms with Crippen molar-refractivity contribution in [3.8, 4) is 0 Å². The van der Waals surface area contributed by atoms with Crippen molar-refractivity contribution in [3.63, 3.8) is 0 Å². The third-order valence-corrected chi connectivity index (χ3v) is 2.40. The van der Waals surface area contributed by atoms with Crippen LogP contribution in [0.1, 0.15) is 12.1 Å². The van der Waals surface area contributed by atoms with Gasteiger partial charge in [0.1, 0.15) is 5.82 Å². The molecule has 0 aliphatic carbocycles. The number of H-pyrrole nitrogens is 1. The number of aromatic nitrogens is 2. The minimum absolute atomic E-state index is 0.0816. The Labute approximate surface area is 100.0 Å². The number of nitrogens with zero attached hydrogens (tertiary/aromatic N) is 1. The van der Waals surface area contributed by atoms with Gasteiger partial charge in [0.2, 0.25) is 0 Å². The quantitative estimate of drug-likeness (QED) is 0.856. The zero-order chi connectivity index (χ0) is 13.3. The maximum Gasteiger partial charge on any atom is 0.298 e. The normalized spacial score (nSPS) is 11.7. The highest BCUT2D eigenvalue weighted by atomic mass is 19.3. The van der Waals surface area contributed by atoms with E-state index in [-0.39, 0.29) is 11.0 Å². The Hall–Kier alpha value is -2.11. The fraction of sp³-hybridized carbons (Fsp3) is 0.167. The van der Waals surface area contributed by atoms with Crippen molar-refractivity contribution < 1.29 is 13.2 Å². The Bertz CT molecular complexity index is 664. The molecule has 18 heavy (non-hydrogen) atoms. The van der Waals surface area contributed by atoms with Crippen LogP contribution in [-0.2, 0) is 5.92 Å².